The zero-order valence-electron chi connectivity index (χ0n) is 14.0. The van der Waals surface area contributed by atoms with Crippen LogP contribution in [0.3, 0.4) is 0 Å². The van der Waals surface area contributed by atoms with E-state index in [4.69, 9.17) is 5.11 Å². The lowest BCUT2D eigenvalue weighted by Crippen LogP contribution is -2.44. The van der Waals surface area contributed by atoms with E-state index in [0.717, 1.165) is 37.1 Å². The van der Waals surface area contributed by atoms with Crippen LogP contribution < -0.4 is 5.32 Å². The second-order valence-electron chi connectivity index (χ2n) is 6.27. The molecule has 2 rings (SSSR count). The molecule has 1 aliphatic rings. The van der Waals surface area contributed by atoms with Crippen LogP contribution >= 0.6 is 0 Å². The monoisotopic (exact) mass is 372 g/mol. The molecule has 2 amide bonds. The number of benzene rings is 1. The second kappa shape index (κ2) is 7.76. The molecule has 0 saturated heterocycles. The number of carboxylic acid groups (broad SMARTS) is 1. The number of carboxylic acids is 1. The van der Waals surface area contributed by atoms with Crippen LogP contribution in [0.25, 0.3) is 0 Å². The number of halogens is 3. The Morgan fingerprint density at radius 3 is 2.27 bits per heavy atom. The first-order valence-corrected chi connectivity index (χ1v) is 8.07. The normalized spacial score (nSPS) is 15.2. The van der Waals surface area contributed by atoms with Gasteiger partial charge >= 0.3 is 12.1 Å². The number of nitrogens with zero attached hydrogens (tertiary/aromatic N) is 1. The zero-order valence-corrected chi connectivity index (χ0v) is 14.0. The number of amides is 2. The molecule has 9 heteroatoms. The van der Waals surface area contributed by atoms with E-state index < -0.39 is 35.4 Å². The highest BCUT2D eigenvalue weighted by molar-refractivity contribution is 5.96. The predicted octanol–water partition coefficient (Wildman–Crippen LogP) is 2.15. The maximum Gasteiger partial charge on any atom is 0.416 e. The summed E-state index contributed by atoms with van der Waals surface area (Å²) >= 11 is 0. The molecule has 26 heavy (non-hydrogen) atoms. The highest BCUT2D eigenvalue weighted by atomic mass is 19.4. The van der Waals surface area contributed by atoms with E-state index in [0.29, 0.717) is 0 Å². The summed E-state index contributed by atoms with van der Waals surface area (Å²) in [4.78, 5) is 36.7. The highest BCUT2D eigenvalue weighted by Crippen LogP contribution is 2.29. The smallest absolute Gasteiger partial charge is 0.416 e. The van der Waals surface area contributed by atoms with Gasteiger partial charge in [-0.05, 0) is 37.1 Å². The van der Waals surface area contributed by atoms with Crippen molar-refractivity contribution in [1.82, 2.24) is 10.2 Å². The fourth-order valence-corrected chi connectivity index (χ4v) is 2.38. The first kappa shape index (κ1) is 19.7. The summed E-state index contributed by atoms with van der Waals surface area (Å²) in [7, 11) is 0. The largest absolute Gasteiger partial charge is 0.481 e. The number of carbonyl (C=O) groups is 3. The zero-order chi connectivity index (χ0) is 19.5. The Labute approximate surface area is 148 Å². The Kier molecular flexibility index (Phi) is 5.89. The van der Waals surface area contributed by atoms with Crippen molar-refractivity contribution in [3.63, 3.8) is 0 Å². The first-order valence-electron chi connectivity index (χ1n) is 8.07. The van der Waals surface area contributed by atoms with Gasteiger partial charge in [-0.15, -0.1) is 0 Å². The summed E-state index contributed by atoms with van der Waals surface area (Å²) in [5.74, 6) is -2.84. The van der Waals surface area contributed by atoms with Crippen LogP contribution in [-0.2, 0) is 15.8 Å². The van der Waals surface area contributed by atoms with Gasteiger partial charge in [0.1, 0.15) is 0 Å². The lowest BCUT2D eigenvalue weighted by Gasteiger charge is -2.24. The average Bonchev–Trinajstić information content (AvgIpc) is 3.41. The molecule has 142 valence electrons. The number of hydrogen-bond acceptors (Lipinski definition) is 3. The minimum Gasteiger partial charge on any atom is -0.481 e. The second-order valence-corrected chi connectivity index (χ2v) is 6.27. The third-order valence-electron chi connectivity index (χ3n) is 4.07. The van der Waals surface area contributed by atoms with Crippen molar-refractivity contribution in [3.05, 3.63) is 35.4 Å². The van der Waals surface area contributed by atoms with Gasteiger partial charge in [-0.2, -0.15) is 13.2 Å². The van der Waals surface area contributed by atoms with Gasteiger partial charge < -0.3 is 15.3 Å². The number of rotatable bonds is 7. The topological polar surface area (TPSA) is 86.7 Å². The molecule has 0 heterocycles. The lowest BCUT2D eigenvalue weighted by molar-refractivity contribution is -0.143. The molecule has 1 aromatic carbocycles. The third-order valence-corrected chi connectivity index (χ3v) is 4.07. The van der Waals surface area contributed by atoms with Gasteiger partial charge in [-0.25, -0.2) is 0 Å². The van der Waals surface area contributed by atoms with Gasteiger partial charge in [0.15, 0.2) is 0 Å². The summed E-state index contributed by atoms with van der Waals surface area (Å²) < 4.78 is 37.5. The van der Waals surface area contributed by atoms with Crippen molar-refractivity contribution in [2.24, 2.45) is 5.92 Å². The molecular formula is C17H19F3N2O4. The van der Waals surface area contributed by atoms with Crippen LogP contribution in [0, 0.1) is 5.92 Å². The van der Waals surface area contributed by atoms with Gasteiger partial charge in [0, 0.05) is 18.2 Å². The molecule has 0 aliphatic heterocycles. The van der Waals surface area contributed by atoms with Crippen LogP contribution in [0.5, 0.6) is 0 Å². The fraction of sp³-hybridized carbons (Fsp3) is 0.471. The maximum absolute atomic E-state index is 12.5. The van der Waals surface area contributed by atoms with Gasteiger partial charge in [-0.1, -0.05) is 6.92 Å². The summed E-state index contributed by atoms with van der Waals surface area (Å²) in [5, 5.41) is 11.3. The van der Waals surface area contributed by atoms with Crippen molar-refractivity contribution >= 4 is 17.8 Å². The van der Waals surface area contributed by atoms with E-state index in [-0.39, 0.29) is 24.7 Å². The Balaban J connectivity index is 1.92. The van der Waals surface area contributed by atoms with Crippen molar-refractivity contribution in [2.75, 3.05) is 13.1 Å². The molecule has 0 aromatic heterocycles. The van der Waals surface area contributed by atoms with Crippen LogP contribution in [-0.4, -0.2) is 46.9 Å². The molecule has 1 aromatic rings. The van der Waals surface area contributed by atoms with E-state index in [1.807, 2.05) is 0 Å². The van der Waals surface area contributed by atoms with E-state index in [9.17, 15) is 27.6 Å². The summed E-state index contributed by atoms with van der Waals surface area (Å²) in [6, 6.07) is 3.64. The minimum atomic E-state index is -4.49. The van der Waals surface area contributed by atoms with Gasteiger partial charge in [0.2, 0.25) is 5.91 Å². The van der Waals surface area contributed by atoms with Crippen molar-refractivity contribution < 1.29 is 32.7 Å². The van der Waals surface area contributed by atoms with Crippen molar-refractivity contribution in [1.29, 1.82) is 0 Å². The molecule has 1 aliphatic carbocycles. The Morgan fingerprint density at radius 1 is 1.23 bits per heavy atom. The first-order chi connectivity index (χ1) is 12.1. The van der Waals surface area contributed by atoms with Crippen molar-refractivity contribution in [2.45, 2.75) is 32.0 Å². The average molecular weight is 372 g/mol. The maximum atomic E-state index is 12.5. The molecule has 1 saturated carbocycles. The number of carbonyl (C=O) groups excluding carboxylic acids is 2. The molecule has 1 fully saturated rings. The molecule has 0 spiro atoms. The molecule has 6 nitrogen and oxygen atoms in total. The van der Waals surface area contributed by atoms with E-state index in [1.54, 1.807) is 0 Å². The summed E-state index contributed by atoms with van der Waals surface area (Å²) in [6.07, 6.45) is -2.92. The van der Waals surface area contributed by atoms with Crippen molar-refractivity contribution in [3.8, 4) is 0 Å². The third kappa shape index (κ3) is 5.21. The Bertz CT molecular complexity index is 684. The molecule has 1 atom stereocenters. The minimum absolute atomic E-state index is 0.00248. The number of aliphatic carboxylic acids is 1. The number of alkyl halides is 3. The molecule has 0 radical (unpaired) electrons. The number of nitrogens with one attached hydrogen (secondary N) is 1. The summed E-state index contributed by atoms with van der Waals surface area (Å²) in [5.41, 5.74) is -0.865. The van der Waals surface area contributed by atoms with E-state index in [2.05, 4.69) is 5.32 Å². The van der Waals surface area contributed by atoms with Crippen LogP contribution in [0.15, 0.2) is 24.3 Å². The van der Waals surface area contributed by atoms with Gasteiger partial charge in [0.05, 0.1) is 18.0 Å². The molecule has 1 unspecified atom stereocenters. The van der Waals surface area contributed by atoms with Gasteiger partial charge in [0.25, 0.3) is 5.91 Å². The quantitative estimate of drug-likeness (QED) is 0.768. The predicted molar refractivity (Wildman–Crippen MR) is 85.3 cm³/mol. The lowest BCUT2D eigenvalue weighted by atomic mass is 10.1. The number of hydrogen-bond donors (Lipinski definition) is 2. The van der Waals surface area contributed by atoms with Crippen LogP contribution in [0.2, 0.25) is 0 Å². The molecule has 2 N–H and O–H groups in total. The van der Waals surface area contributed by atoms with E-state index in [1.165, 1.54) is 11.8 Å². The van der Waals surface area contributed by atoms with Crippen LogP contribution in [0.1, 0.15) is 35.7 Å². The van der Waals surface area contributed by atoms with Gasteiger partial charge in [-0.3, -0.25) is 14.4 Å². The van der Waals surface area contributed by atoms with Crippen LogP contribution in [0.4, 0.5) is 13.2 Å². The Hall–Kier alpha value is -2.58. The standard InChI is InChI=1S/C17H19F3N2O4/c1-10(16(25)26)9-22(13-6-7-13)14(23)8-21-15(24)11-2-4-12(5-3-11)17(18,19)20/h2-5,10,13H,6-9H2,1H3,(H,21,24)(H,25,26). The Morgan fingerprint density at radius 2 is 1.81 bits per heavy atom. The highest BCUT2D eigenvalue weighted by Gasteiger charge is 2.34. The summed E-state index contributed by atoms with van der Waals surface area (Å²) in [6.45, 7) is 1.20. The van der Waals surface area contributed by atoms with E-state index >= 15 is 0 Å². The molecular weight excluding hydrogens is 353 g/mol. The fourth-order valence-electron chi connectivity index (χ4n) is 2.38. The molecule has 0 bridgehead atoms. The SMILES string of the molecule is CC(CN(C(=O)CNC(=O)c1ccc(C(F)(F)F)cc1)C1CC1)C(=O)O.